The average Bonchev–Trinajstić information content (AvgIpc) is 2.61. The highest BCUT2D eigenvalue weighted by molar-refractivity contribution is 7.99. The number of rotatable bonds is 2. The summed E-state index contributed by atoms with van der Waals surface area (Å²) in [7, 11) is 1.65. The van der Waals surface area contributed by atoms with Crippen LogP contribution in [0.1, 0.15) is 12.5 Å². The van der Waals surface area contributed by atoms with Crippen LogP contribution in [0.4, 0.5) is 0 Å². The van der Waals surface area contributed by atoms with Gasteiger partial charge in [-0.25, -0.2) is 0 Å². The van der Waals surface area contributed by atoms with Gasteiger partial charge in [-0.2, -0.15) is 11.8 Å². The smallest absolute Gasteiger partial charge is 0.118 e. The van der Waals surface area contributed by atoms with Crippen LogP contribution in [0, 0.1) is 5.92 Å². The number of hydrogen-bond donors (Lipinski definition) is 1. The molecule has 0 aliphatic carbocycles. The number of aliphatic hydroxyl groups is 1. The summed E-state index contributed by atoms with van der Waals surface area (Å²) in [6, 6.07) is 7.73. The predicted octanol–water partition coefficient (Wildman–Crippen LogP) is 2.27. The zero-order valence-corrected chi connectivity index (χ0v) is 9.88. The molecule has 1 saturated heterocycles. The molecule has 0 unspecified atom stereocenters. The second-order valence-corrected chi connectivity index (χ2v) is 5.10. The maximum Gasteiger partial charge on any atom is 0.118 e. The number of benzene rings is 1. The predicted molar refractivity (Wildman–Crippen MR) is 63.4 cm³/mol. The molecule has 82 valence electrons. The fourth-order valence-corrected chi connectivity index (χ4v) is 3.43. The van der Waals surface area contributed by atoms with Crippen LogP contribution in [0.15, 0.2) is 24.3 Å². The highest BCUT2D eigenvalue weighted by Gasteiger charge is 2.40. The number of methoxy groups -OCH3 is 1. The van der Waals surface area contributed by atoms with Crippen LogP contribution in [-0.2, 0) is 5.60 Å². The van der Waals surface area contributed by atoms with Gasteiger partial charge in [-0.05, 0) is 29.4 Å². The van der Waals surface area contributed by atoms with Crippen LogP contribution in [0.2, 0.25) is 0 Å². The molecule has 3 heteroatoms. The molecule has 1 heterocycles. The van der Waals surface area contributed by atoms with Gasteiger partial charge in [0, 0.05) is 5.75 Å². The molecule has 2 atom stereocenters. The lowest BCUT2D eigenvalue weighted by atomic mass is 9.85. The van der Waals surface area contributed by atoms with Crippen LogP contribution in [0.5, 0.6) is 5.75 Å². The molecule has 0 bridgehead atoms. The van der Waals surface area contributed by atoms with Crippen molar-refractivity contribution in [2.45, 2.75) is 12.5 Å². The fourth-order valence-electron chi connectivity index (χ4n) is 1.92. The Morgan fingerprint density at radius 3 is 2.53 bits per heavy atom. The highest BCUT2D eigenvalue weighted by atomic mass is 32.2. The van der Waals surface area contributed by atoms with E-state index in [1.54, 1.807) is 7.11 Å². The van der Waals surface area contributed by atoms with E-state index in [1.165, 1.54) is 0 Å². The molecule has 1 aliphatic heterocycles. The van der Waals surface area contributed by atoms with E-state index in [4.69, 9.17) is 4.74 Å². The molecule has 2 nitrogen and oxygen atoms in total. The normalized spacial score (nSPS) is 30.5. The summed E-state index contributed by atoms with van der Waals surface area (Å²) < 4.78 is 5.10. The first-order valence-corrected chi connectivity index (χ1v) is 6.27. The maximum absolute atomic E-state index is 10.5. The maximum atomic E-state index is 10.5. The van der Waals surface area contributed by atoms with Crippen molar-refractivity contribution < 1.29 is 9.84 Å². The highest BCUT2D eigenvalue weighted by Crippen LogP contribution is 2.41. The minimum atomic E-state index is -0.656. The molecule has 1 aromatic rings. The number of thioether (sulfide) groups is 1. The SMILES string of the molecule is COc1ccc([C@]2(O)CSC[C@@H]2C)cc1. The summed E-state index contributed by atoms with van der Waals surface area (Å²) in [6.07, 6.45) is 0. The molecule has 0 radical (unpaired) electrons. The van der Waals surface area contributed by atoms with Gasteiger partial charge in [-0.15, -0.1) is 0 Å². The van der Waals surface area contributed by atoms with E-state index in [9.17, 15) is 5.11 Å². The van der Waals surface area contributed by atoms with Crippen molar-refractivity contribution in [3.8, 4) is 5.75 Å². The molecule has 1 aliphatic rings. The van der Waals surface area contributed by atoms with Gasteiger partial charge in [0.2, 0.25) is 0 Å². The average molecular weight is 224 g/mol. The van der Waals surface area contributed by atoms with Gasteiger partial charge < -0.3 is 9.84 Å². The van der Waals surface area contributed by atoms with Crippen LogP contribution < -0.4 is 4.74 Å². The van der Waals surface area contributed by atoms with Crippen molar-refractivity contribution in [3.63, 3.8) is 0 Å². The van der Waals surface area contributed by atoms with Crippen molar-refractivity contribution in [2.24, 2.45) is 5.92 Å². The first-order chi connectivity index (χ1) is 7.16. The molecule has 15 heavy (non-hydrogen) atoms. The topological polar surface area (TPSA) is 29.5 Å². The van der Waals surface area contributed by atoms with Gasteiger partial charge in [-0.3, -0.25) is 0 Å². The van der Waals surface area contributed by atoms with Crippen molar-refractivity contribution in [1.82, 2.24) is 0 Å². The Balaban J connectivity index is 2.28. The Hall–Kier alpha value is -0.670. The van der Waals surface area contributed by atoms with E-state index < -0.39 is 5.60 Å². The monoisotopic (exact) mass is 224 g/mol. The molecular formula is C12H16O2S. The lowest BCUT2D eigenvalue weighted by molar-refractivity contribution is 0.0234. The van der Waals surface area contributed by atoms with Crippen LogP contribution in [0.3, 0.4) is 0 Å². The van der Waals surface area contributed by atoms with Gasteiger partial charge in [0.25, 0.3) is 0 Å². The van der Waals surface area contributed by atoms with E-state index in [1.807, 2.05) is 36.0 Å². The molecule has 1 aromatic carbocycles. The zero-order valence-electron chi connectivity index (χ0n) is 9.06. The van der Waals surface area contributed by atoms with Crippen molar-refractivity contribution in [2.75, 3.05) is 18.6 Å². The molecule has 0 spiro atoms. The van der Waals surface area contributed by atoms with Gasteiger partial charge in [-0.1, -0.05) is 19.1 Å². The van der Waals surface area contributed by atoms with E-state index in [2.05, 4.69) is 6.92 Å². The third-order valence-electron chi connectivity index (χ3n) is 3.10. The second kappa shape index (κ2) is 4.06. The minimum Gasteiger partial charge on any atom is -0.497 e. The van der Waals surface area contributed by atoms with Crippen molar-refractivity contribution in [1.29, 1.82) is 0 Å². The lowest BCUT2D eigenvalue weighted by Gasteiger charge is -2.27. The first-order valence-electron chi connectivity index (χ1n) is 5.11. The summed E-state index contributed by atoms with van der Waals surface area (Å²) >= 11 is 1.81. The molecule has 0 saturated carbocycles. The Kier molecular flexibility index (Phi) is 2.94. The number of ether oxygens (including phenoxy) is 1. The third-order valence-corrected chi connectivity index (χ3v) is 4.48. The van der Waals surface area contributed by atoms with Crippen molar-refractivity contribution in [3.05, 3.63) is 29.8 Å². The largest absolute Gasteiger partial charge is 0.497 e. The molecule has 0 aromatic heterocycles. The molecular weight excluding hydrogens is 208 g/mol. The van der Waals surface area contributed by atoms with Crippen LogP contribution >= 0.6 is 11.8 Å². The summed E-state index contributed by atoms with van der Waals surface area (Å²) in [5.41, 5.74) is 0.345. The number of hydrogen-bond acceptors (Lipinski definition) is 3. The standard InChI is InChI=1S/C12H16O2S/c1-9-7-15-8-12(9,13)10-3-5-11(14-2)6-4-10/h3-6,9,13H,7-8H2,1-2H3/t9-,12-/m0/s1. The van der Waals surface area contributed by atoms with Gasteiger partial charge in [0.1, 0.15) is 11.4 Å². The summed E-state index contributed by atoms with van der Waals surface area (Å²) in [5, 5.41) is 10.5. The fraction of sp³-hybridized carbons (Fsp3) is 0.500. The zero-order chi connectivity index (χ0) is 10.9. The minimum absolute atomic E-state index is 0.316. The van der Waals surface area contributed by atoms with Gasteiger partial charge >= 0.3 is 0 Å². The van der Waals surface area contributed by atoms with E-state index in [0.29, 0.717) is 5.92 Å². The Bertz CT molecular complexity index is 336. The first kappa shape index (κ1) is 10.8. The van der Waals surface area contributed by atoms with Crippen LogP contribution in [-0.4, -0.2) is 23.7 Å². The van der Waals surface area contributed by atoms with Crippen molar-refractivity contribution >= 4 is 11.8 Å². The van der Waals surface area contributed by atoms with E-state index in [0.717, 1.165) is 22.8 Å². The second-order valence-electron chi connectivity index (χ2n) is 4.07. The third kappa shape index (κ3) is 1.86. The molecule has 1 N–H and O–H groups in total. The summed E-state index contributed by atoms with van der Waals surface area (Å²) in [6.45, 7) is 2.10. The quantitative estimate of drug-likeness (QED) is 0.835. The Labute approximate surface area is 94.6 Å². The summed E-state index contributed by atoms with van der Waals surface area (Å²) in [4.78, 5) is 0. The Morgan fingerprint density at radius 1 is 1.40 bits per heavy atom. The van der Waals surface area contributed by atoms with E-state index in [-0.39, 0.29) is 0 Å². The van der Waals surface area contributed by atoms with Gasteiger partial charge in [0.05, 0.1) is 7.11 Å². The lowest BCUT2D eigenvalue weighted by Crippen LogP contribution is -2.32. The van der Waals surface area contributed by atoms with E-state index >= 15 is 0 Å². The van der Waals surface area contributed by atoms with Crippen LogP contribution in [0.25, 0.3) is 0 Å². The molecule has 1 fully saturated rings. The van der Waals surface area contributed by atoms with Gasteiger partial charge in [0.15, 0.2) is 0 Å². The molecule has 0 amide bonds. The summed E-state index contributed by atoms with van der Waals surface area (Å²) in [5.74, 6) is 2.97. The molecule has 2 rings (SSSR count). The Morgan fingerprint density at radius 2 is 2.07 bits per heavy atom.